The fraction of sp³-hybridized carbons (Fsp3) is 0.250. The molecule has 0 aliphatic carbocycles. The monoisotopic (exact) mass is 262 g/mol. The van der Waals surface area contributed by atoms with E-state index in [-0.39, 0.29) is 5.69 Å². The molecule has 0 saturated carbocycles. The Hall–Kier alpha value is -1.01. The maximum Gasteiger partial charge on any atom is 0.296 e. The summed E-state index contributed by atoms with van der Waals surface area (Å²) in [7, 11) is 2.80. The van der Waals surface area contributed by atoms with Crippen molar-refractivity contribution in [1.29, 1.82) is 0 Å². The number of hydrogen-bond donors (Lipinski definition) is 0. The van der Waals surface area contributed by atoms with Crippen LogP contribution in [0.2, 0.25) is 0 Å². The van der Waals surface area contributed by atoms with Gasteiger partial charge < -0.3 is 0 Å². The van der Waals surface area contributed by atoms with E-state index in [1.165, 1.54) is 20.2 Å². The molecule has 0 aliphatic rings. The number of rotatable bonds is 2. The van der Waals surface area contributed by atoms with E-state index in [4.69, 9.17) is 0 Å². The predicted octanol–water partition coefficient (Wildman–Crippen LogP) is 1.62. The molecule has 0 aliphatic heterocycles. The topological polar surface area (TPSA) is 42.4 Å². The van der Waals surface area contributed by atoms with Crippen LogP contribution in [0.4, 0.5) is 4.39 Å². The van der Waals surface area contributed by atoms with Gasteiger partial charge in [0.25, 0.3) is 5.91 Å². The highest BCUT2D eigenvalue weighted by Gasteiger charge is 2.16. The van der Waals surface area contributed by atoms with E-state index in [0.717, 1.165) is 11.3 Å². The van der Waals surface area contributed by atoms with Crippen LogP contribution < -0.4 is 0 Å². The van der Waals surface area contributed by atoms with Gasteiger partial charge in [0.05, 0.1) is 17.8 Å². The summed E-state index contributed by atoms with van der Waals surface area (Å²) in [6.07, 6.45) is 0.974. The molecule has 0 spiro atoms. The molecule has 0 atom stereocenters. The minimum atomic E-state index is -0.506. The summed E-state index contributed by atoms with van der Waals surface area (Å²) in [6, 6.07) is 1.17. The van der Waals surface area contributed by atoms with Crippen molar-refractivity contribution in [2.75, 3.05) is 14.2 Å². The number of carbonyl (C=O) groups is 1. The molecule has 1 aromatic rings. The van der Waals surface area contributed by atoms with Gasteiger partial charge in [0.1, 0.15) is 11.5 Å². The second-order valence-electron chi connectivity index (χ2n) is 2.47. The van der Waals surface area contributed by atoms with Gasteiger partial charge in [-0.3, -0.25) is 9.63 Å². The molecule has 4 nitrogen and oxygen atoms in total. The lowest BCUT2D eigenvalue weighted by molar-refractivity contribution is -0.0761. The maximum absolute atomic E-state index is 12.6. The summed E-state index contributed by atoms with van der Waals surface area (Å²) in [4.78, 5) is 19.8. The average molecular weight is 263 g/mol. The Bertz CT molecular complexity index is 359. The molecule has 0 N–H and O–H groups in total. The molecule has 0 saturated heterocycles. The molecule has 0 aromatic carbocycles. The van der Waals surface area contributed by atoms with Crippen LogP contribution in [0.5, 0.6) is 0 Å². The largest absolute Gasteiger partial charge is 0.296 e. The molecular weight excluding hydrogens is 255 g/mol. The molecule has 1 rings (SSSR count). The molecule has 1 aromatic heterocycles. The number of halogens is 2. The lowest BCUT2D eigenvalue weighted by Crippen LogP contribution is -2.26. The molecular formula is C8H8BrFN2O2. The fourth-order valence-corrected chi connectivity index (χ4v) is 1.29. The van der Waals surface area contributed by atoms with Crippen molar-refractivity contribution in [2.24, 2.45) is 0 Å². The van der Waals surface area contributed by atoms with E-state index in [9.17, 15) is 9.18 Å². The summed E-state index contributed by atoms with van der Waals surface area (Å²) in [5, 5.41) is 1.00. The molecule has 0 bridgehead atoms. The molecule has 0 fully saturated rings. The van der Waals surface area contributed by atoms with Crippen molar-refractivity contribution in [2.45, 2.75) is 0 Å². The van der Waals surface area contributed by atoms with Gasteiger partial charge in [-0.1, -0.05) is 0 Å². The number of hydroxylamine groups is 2. The third kappa shape index (κ3) is 2.27. The fourth-order valence-electron chi connectivity index (χ4n) is 0.804. The lowest BCUT2D eigenvalue weighted by atomic mass is 10.3. The number of hydrogen-bond acceptors (Lipinski definition) is 3. The summed E-state index contributed by atoms with van der Waals surface area (Å²) in [6.45, 7) is 0. The lowest BCUT2D eigenvalue weighted by Gasteiger charge is -2.13. The highest BCUT2D eigenvalue weighted by atomic mass is 79.9. The first-order valence-electron chi connectivity index (χ1n) is 3.69. The van der Waals surface area contributed by atoms with Crippen molar-refractivity contribution in [3.8, 4) is 0 Å². The van der Waals surface area contributed by atoms with Gasteiger partial charge in [0.2, 0.25) is 0 Å². The average Bonchev–Trinajstić information content (AvgIpc) is 2.15. The molecule has 76 valence electrons. The standard InChI is InChI=1S/C8H8BrFN2O2/c1-12(14-2)8(13)7-6(9)3-5(10)4-11-7/h3-4H,1-2H3. The summed E-state index contributed by atoms with van der Waals surface area (Å²) in [5.74, 6) is -0.951. The highest BCUT2D eigenvalue weighted by molar-refractivity contribution is 9.10. The Morgan fingerprint density at radius 2 is 2.36 bits per heavy atom. The van der Waals surface area contributed by atoms with Gasteiger partial charge in [-0.05, 0) is 22.0 Å². The number of pyridine rings is 1. The maximum atomic E-state index is 12.6. The Morgan fingerprint density at radius 3 is 2.86 bits per heavy atom. The second-order valence-corrected chi connectivity index (χ2v) is 3.32. The zero-order valence-corrected chi connectivity index (χ0v) is 9.21. The Balaban J connectivity index is 3.02. The Kier molecular flexibility index (Phi) is 3.54. The van der Waals surface area contributed by atoms with Crippen LogP contribution in [0.1, 0.15) is 10.5 Å². The van der Waals surface area contributed by atoms with E-state index >= 15 is 0 Å². The second kappa shape index (κ2) is 4.47. The number of amides is 1. The molecule has 1 amide bonds. The van der Waals surface area contributed by atoms with Crippen molar-refractivity contribution in [3.05, 3.63) is 28.2 Å². The quantitative estimate of drug-likeness (QED) is 0.761. The number of carbonyl (C=O) groups excluding carboxylic acids is 1. The smallest absolute Gasteiger partial charge is 0.274 e. The first kappa shape index (κ1) is 11.1. The molecule has 0 radical (unpaired) electrons. The van der Waals surface area contributed by atoms with Crippen molar-refractivity contribution >= 4 is 21.8 Å². The normalized spacial score (nSPS) is 10.0. The van der Waals surface area contributed by atoms with Gasteiger partial charge >= 0.3 is 0 Å². The third-order valence-electron chi connectivity index (χ3n) is 1.57. The first-order chi connectivity index (χ1) is 6.56. The summed E-state index contributed by atoms with van der Waals surface area (Å²) >= 11 is 3.04. The van der Waals surface area contributed by atoms with Gasteiger partial charge in [0, 0.05) is 7.05 Å². The third-order valence-corrected chi connectivity index (χ3v) is 2.17. The SMILES string of the molecule is CON(C)C(=O)c1ncc(F)cc1Br. The van der Waals surface area contributed by atoms with Crippen LogP contribution in [0.3, 0.4) is 0 Å². The Labute approximate surface area is 88.8 Å². The van der Waals surface area contributed by atoms with Crippen LogP contribution in [-0.2, 0) is 4.84 Å². The van der Waals surface area contributed by atoms with Crippen LogP contribution >= 0.6 is 15.9 Å². The summed E-state index contributed by atoms with van der Waals surface area (Å²) in [5.41, 5.74) is 0.107. The van der Waals surface area contributed by atoms with Crippen LogP contribution in [0, 0.1) is 5.82 Å². The molecule has 0 unspecified atom stereocenters. The van der Waals surface area contributed by atoms with E-state index < -0.39 is 11.7 Å². The predicted molar refractivity (Wildman–Crippen MR) is 51.0 cm³/mol. The van der Waals surface area contributed by atoms with E-state index in [0.29, 0.717) is 4.47 Å². The van der Waals surface area contributed by atoms with Gasteiger partial charge in [-0.2, -0.15) is 0 Å². The van der Waals surface area contributed by atoms with Crippen LogP contribution in [0.15, 0.2) is 16.7 Å². The molecule has 14 heavy (non-hydrogen) atoms. The van der Waals surface area contributed by atoms with Crippen molar-refractivity contribution < 1.29 is 14.0 Å². The molecule has 1 heterocycles. The number of nitrogens with zero attached hydrogens (tertiary/aromatic N) is 2. The minimum absolute atomic E-state index is 0.107. The van der Waals surface area contributed by atoms with Crippen molar-refractivity contribution in [3.63, 3.8) is 0 Å². The zero-order chi connectivity index (χ0) is 10.7. The van der Waals surface area contributed by atoms with Gasteiger partial charge in [0.15, 0.2) is 0 Å². The Morgan fingerprint density at radius 1 is 1.71 bits per heavy atom. The van der Waals surface area contributed by atoms with Crippen molar-refractivity contribution in [1.82, 2.24) is 10.0 Å². The van der Waals surface area contributed by atoms with E-state index in [1.54, 1.807) is 0 Å². The minimum Gasteiger partial charge on any atom is -0.274 e. The van der Waals surface area contributed by atoms with Gasteiger partial charge in [-0.25, -0.2) is 14.4 Å². The number of aromatic nitrogens is 1. The van der Waals surface area contributed by atoms with Gasteiger partial charge in [-0.15, -0.1) is 0 Å². The van der Waals surface area contributed by atoms with E-state index in [2.05, 4.69) is 25.8 Å². The van der Waals surface area contributed by atoms with E-state index in [1.807, 2.05) is 0 Å². The summed E-state index contributed by atoms with van der Waals surface area (Å²) < 4.78 is 12.9. The van der Waals surface area contributed by atoms with Crippen LogP contribution in [-0.4, -0.2) is 30.1 Å². The first-order valence-corrected chi connectivity index (χ1v) is 4.48. The molecule has 6 heteroatoms. The highest BCUT2D eigenvalue weighted by Crippen LogP contribution is 2.16. The zero-order valence-electron chi connectivity index (χ0n) is 7.62. The van der Waals surface area contributed by atoms with Crippen LogP contribution in [0.25, 0.3) is 0 Å².